The second-order valence-corrected chi connectivity index (χ2v) is 42.3. The van der Waals surface area contributed by atoms with E-state index >= 15 is 0 Å². The number of benzene rings is 8. The lowest BCUT2D eigenvalue weighted by Gasteiger charge is -2.36. The Labute approximate surface area is 846 Å². The van der Waals surface area contributed by atoms with E-state index in [2.05, 4.69) is 50.6 Å². The summed E-state index contributed by atoms with van der Waals surface area (Å²) in [6, 6.07) is 71.3. The van der Waals surface area contributed by atoms with Gasteiger partial charge in [0.05, 0.1) is 98.0 Å². The zero-order chi connectivity index (χ0) is 101. The molecule has 34 nitrogen and oxygen atoms in total. The van der Waals surface area contributed by atoms with Gasteiger partial charge in [0.15, 0.2) is 34.5 Å². The third kappa shape index (κ3) is 21.9. The molecule has 12 aromatic rings. The van der Waals surface area contributed by atoms with Gasteiger partial charge < -0.3 is 80.1 Å². The predicted molar refractivity (Wildman–Crippen MR) is 554 cm³/mol. The number of aliphatic hydroxyl groups is 5. The van der Waals surface area contributed by atoms with Crippen LogP contribution in [0.3, 0.4) is 0 Å². The van der Waals surface area contributed by atoms with Crippen molar-refractivity contribution in [2.75, 3.05) is 95.3 Å². The van der Waals surface area contributed by atoms with Gasteiger partial charge in [-0.2, -0.15) is 4.31 Å². The van der Waals surface area contributed by atoms with Crippen LogP contribution in [0.15, 0.2) is 263 Å². The van der Waals surface area contributed by atoms with Gasteiger partial charge in [-0.15, -0.1) is 0 Å². The van der Waals surface area contributed by atoms with Crippen molar-refractivity contribution in [2.24, 2.45) is 0 Å². The summed E-state index contributed by atoms with van der Waals surface area (Å²) in [5.74, 6) is 5.29. The van der Waals surface area contributed by atoms with E-state index in [0.29, 0.717) is 117 Å². The number of rotatable bonds is 31. The molecule has 0 spiro atoms. The van der Waals surface area contributed by atoms with E-state index in [1.807, 2.05) is 128 Å². The zero-order valence-electron chi connectivity index (χ0n) is 79.7. The molecule has 8 aromatic carbocycles. The molecule has 0 unspecified atom stereocenters. The van der Waals surface area contributed by atoms with Gasteiger partial charge in [-0.3, -0.25) is 24.0 Å². The maximum Gasteiger partial charge on any atom is 0.253 e. The number of carbonyl (C=O) groups excluding carboxylic acids is 5. The Hall–Kier alpha value is -14.0. The number of sulfonamides is 3. The lowest BCUT2D eigenvalue weighted by molar-refractivity contribution is -0.123. The van der Waals surface area contributed by atoms with Gasteiger partial charge in [0.25, 0.3) is 5.91 Å². The molecular formula is C107H128N12O22S3. The second-order valence-electron chi connectivity index (χ2n) is 37.0. The van der Waals surface area contributed by atoms with Crippen molar-refractivity contribution in [3.8, 4) is 79.4 Å². The lowest BCUT2D eigenvalue weighted by atomic mass is 9.68. The highest BCUT2D eigenvalue weighted by Gasteiger charge is 2.55. The smallest absolute Gasteiger partial charge is 0.253 e. The summed E-state index contributed by atoms with van der Waals surface area (Å²) in [7, 11) is -8.10. The first kappa shape index (κ1) is 102. The van der Waals surface area contributed by atoms with Crippen LogP contribution in [0.25, 0.3) is 44.9 Å². The van der Waals surface area contributed by atoms with E-state index in [-0.39, 0.29) is 95.1 Å². The fourth-order valence-electron chi connectivity index (χ4n) is 18.4. The minimum absolute atomic E-state index is 0. The SMILES string of the molecule is CCC(CO)(CO)NS(=O)(=O)c1ccc(-c2cccc(NC(=O)C3(c4ccc5c(c4)OCO5)CC3)n2)cc1.Cc1nc(NC(=O)C2(c3ccc4c(c3)OCO4)CC2)ccc1-c1cccc(C(=O)N(C)C)c1.O=C(Nc1cccc(-c2ccc(S(=O)(=O)N3CCC[C@@H]3CO)cc2)n1)C1(c2ccccc2)CCCCC1.O=C(Nc1cccc(-c2ccc(S(=O)(=O)NC(CO)CO)cc2)n1)C1(c2ccc3c(c2)OCO3)CC1.[HH].[HH].[HH].[HH].[HH].[HH].[HH].[HH]. The standard InChI is InChI=1S/C29H33N3O4S.C27H29N3O7S.C26H25N3O4.C25H25N3O7S.8H2/c33-21-24-11-8-20-32(24)37(35,36)25-16-14-22(15-17-25)26-12-7-13-27(30-26)31-28(34)29(18-5-2-6-19-29)23-9-3-1-4-10-23;1-2-26(15-31,16-32)30-38(34,35)20-9-6-18(7-10-20)21-4-3-5-24(28-21)29-25(33)27(12-13-27)19-8-11-22-23(14-19)37-17-36-22;1-16-20(17-5-4-6-18(13-17)24(30)29(2)3)8-10-23(27-16)28-25(31)26(11-12-26)19-7-9-21-22(14-19)33-15-32-21;29-13-18(14-30)28-36(32,33)19-7-4-16(5-8-19)20-2-1-3-23(26-20)27-24(31)25(10-11-25)17-6-9-21-22(12-17)35-15-34-21;;;;;;;;/h1,3-4,7,9-10,12-17,24,33H,2,5-6,8,11,18-21H2,(H,30,31,34);3-11,14,30-32H,2,12-13,15-17H2,1H3,(H,28,29,33);4-10,13-14H,11-12,15H2,1-3H3,(H,27,28,31);1-9,12,18,28-30H,10-11,13-15H2,(H,26,27,31);8*1H/t24-;;;;;;;;;;;/m1.........../s1. The quantitative estimate of drug-likeness (QED) is 0.0192. The van der Waals surface area contributed by atoms with E-state index in [1.54, 1.807) is 129 Å². The van der Waals surface area contributed by atoms with Crippen LogP contribution < -0.4 is 59.1 Å². The second kappa shape index (κ2) is 42.9. The molecule has 37 heteroatoms. The monoisotopic (exact) mass is 2030 g/mol. The average Bonchev–Trinajstić information content (AvgIpc) is 1.60. The zero-order valence-corrected chi connectivity index (χ0v) is 82.1. The van der Waals surface area contributed by atoms with Crippen molar-refractivity contribution >= 4 is 82.9 Å². The largest absolute Gasteiger partial charge is 0.454 e. The van der Waals surface area contributed by atoms with Gasteiger partial charge >= 0.3 is 0 Å². The van der Waals surface area contributed by atoms with Gasteiger partial charge in [0.2, 0.25) is 74.1 Å². The summed E-state index contributed by atoms with van der Waals surface area (Å²) in [5, 5.41) is 58.9. The van der Waals surface area contributed by atoms with Crippen LogP contribution in [0.1, 0.15) is 147 Å². The summed E-state index contributed by atoms with van der Waals surface area (Å²) in [4.78, 5) is 85.7. The lowest BCUT2D eigenvalue weighted by Crippen LogP contribution is -2.53. The molecule has 0 bridgehead atoms. The molecule has 4 aliphatic carbocycles. The summed E-state index contributed by atoms with van der Waals surface area (Å²) >= 11 is 0. The number of anilines is 4. The van der Waals surface area contributed by atoms with Gasteiger partial charge in [0.1, 0.15) is 23.3 Å². The van der Waals surface area contributed by atoms with Crippen molar-refractivity contribution < 1.29 is 115 Å². The Morgan fingerprint density at radius 3 is 1.22 bits per heavy atom. The van der Waals surface area contributed by atoms with Crippen LogP contribution in [0.2, 0.25) is 0 Å². The first-order chi connectivity index (χ1) is 69.4. The number of nitrogens with zero attached hydrogens (tertiary/aromatic N) is 6. The Morgan fingerprint density at radius 2 is 0.826 bits per heavy atom. The fraction of sp³-hybridized carbons (Fsp3) is 0.318. The number of hydrogen-bond donors (Lipinski definition) is 11. The molecule has 766 valence electrons. The molecule has 1 saturated heterocycles. The summed E-state index contributed by atoms with van der Waals surface area (Å²) < 4.78 is 115. The Kier molecular flexibility index (Phi) is 30.3. The van der Waals surface area contributed by atoms with Gasteiger partial charge in [-0.05, 0) is 239 Å². The molecule has 1 atom stereocenters. The number of ether oxygens (including phenoxy) is 6. The van der Waals surface area contributed by atoms with Crippen molar-refractivity contribution in [3.63, 3.8) is 0 Å². The number of amides is 5. The fourth-order valence-corrected chi connectivity index (χ4v) is 22.8. The highest BCUT2D eigenvalue weighted by Crippen LogP contribution is 2.55. The molecule has 4 aromatic heterocycles. The van der Waals surface area contributed by atoms with Crippen LogP contribution in [-0.4, -0.2) is 201 Å². The van der Waals surface area contributed by atoms with Crippen LogP contribution in [0.5, 0.6) is 34.5 Å². The molecule has 5 amide bonds. The van der Waals surface area contributed by atoms with Crippen molar-refractivity contribution in [1.82, 2.24) is 38.6 Å². The third-order valence-corrected chi connectivity index (χ3v) is 32.6. The van der Waals surface area contributed by atoms with Crippen LogP contribution in [0, 0.1) is 6.92 Å². The number of pyridine rings is 4. The molecule has 5 fully saturated rings. The molecule has 4 saturated carbocycles. The number of nitrogens with one attached hydrogen (secondary N) is 6. The molecule has 11 N–H and O–H groups in total. The van der Waals surface area contributed by atoms with E-state index in [0.717, 1.165) is 109 Å². The average molecular weight is 2030 g/mol. The number of aryl methyl sites for hydroxylation is 1. The topological polar surface area (TPSA) is 475 Å². The normalized spacial score (nSPS) is 16.7. The summed E-state index contributed by atoms with van der Waals surface area (Å²) in [5.41, 5.74) is 7.02. The van der Waals surface area contributed by atoms with Gasteiger partial charge in [-0.1, -0.05) is 141 Å². The molecule has 8 aliphatic rings. The van der Waals surface area contributed by atoms with Crippen molar-refractivity contribution in [3.05, 3.63) is 282 Å². The molecular weight excluding hydrogens is 1900 g/mol. The van der Waals surface area contributed by atoms with Crippen molar-refractivity contribution in [2.45, 2.75) is 158 Å². The third-order valence-electron chi connectivity index (χ3n) is 27.5. The maximum atomic E-state index is 13.6. The van der Waals surface area contributed by atoms with Crippen LogP contribution in [0.4, 0.5) is 23.3 Å². The summed E-state index contributed by atoms with van der Waals surface area (Å²) in [6.45, 7) is 2.26. The highest BCUT2D eigenvalue weighted by molar-refractivity contribution is 7.90. The predicted octanol–water partition coefficient (Wildman–Crippen LogP) is 15.2. The molecule has 0 radical (unpaired) electrons. The number of hydrogen-bond acceptors (Lipinski definition) is 26. The van der Waals surface area contributed by atoms with Gasteiger partial charge in [-0.25, -0.2) is 54.6 Å². The van der Waals surface area contributed by atoms with Gasteiger partial charge in [0, 0.05) is 71.6 Å². The first-order valence-electron chi connectivity index (χ1n) is 47.6. The molecule has 8 heterocycles. The minimum Gasteiger partial charge on any atom is -0.454 e. The van der Waals surface area contributed by atoms with E-state index < -0.39 is 89.7 Å². The van der Waals surface area contributed by atoms with E-state index in [4.69, 9.17) is 38.6 Å². The molecule has 20 rings (SSSR count). The minimum atomic E-state index is -3.98. The Bertz CT molecular complexity index is 7160. The van der Waals surface area contributed by atoms with Crippen LogP contribution >= 0.6 is 0 Å². The van der Waals surface area contributed by atoms with E-state index in [9.17, 15) is 64.5 Å². The number of carbonyl (C=O) groups is 5. The van der Waals surface area contributed by atoms with Crippen molar-refractivity contribution in [1.29, 1.82) is 0 Å². The Morgan fingerprint density at radius 1 is 0.424 bits per heavy atom. The molecule has 4 aliphatic heterocycles. The number of aliphatic hydroxyl groups excluding tert-OH is 5. The highest BCUT2D eigenvalue weighted by atomic mass is 32.2. The van der Waals surface area contributed by atoms with E-state index in [1.165, 1.54) is 28.6 Å². The first-order valence-corrected chi connectivity index (χ1v) is 52.0. The molecule has 144 heavy (non-hydrogen) atoms. The summed E-state index contributed by atoms with van der Waals surface area (Å²) in [6.07, 6.45) is 10.9. The maximum absolute atomic E-state index is 13.6. The number of aromatic nitrogens is 4. The Balaban J connectivity index is 0.000000221. The number of fused-ring (bicyclic) bond motifs is 3. The van der Waals surface area contributed by atoms with Crippen LogP contribution in [-0.2, 0) is 70.9 Å².